The number of aryl methyl sites for hydroxylation is 1. The first-order valence-electron chi connectivity index (χ1n) is 3.66. The molecule has 2 aromatic rings. The van der Waals surface area contributed by atoms with Crippen molar-refractivity contribution in [2.45, 2.75) is 6.92 Å². The number of nitrogens with zero attached hydrogens (tertiary/aromatic N) is 4. The summed E-state index contributed by atoms with van der Waals surface area (Å²) in [7, 11) is 0. The maximum Gasteiger partial charge on any atom is 0.174 e. The lowest BCUT2D eigenvalue weighted by molar-refractivity contribution is 1.08. The summed E-state index contributed by atoms with van der Waals surface area (Å²) in [5.41, 5.74) is 0.826. The summed E-state index contributed by atoms with van der Waals surface area (Å²) in [6.45, 7) is 1.87. The number of hydrogen-bond donors (Lipinski definition) is 0. The number of hydrogen-bond acceptors (Lipinski definition) is 5. The number of halogens is 2. The Morgan fingerprint density at radius 3 is 2.86 bits per heavy atom. The molecular weight excluding hydrogens is 335 g/mol. The maximum absolute atomic E-state index is 5.89. The van der Waals surface area contributed by atoms with Gasteiger partial charge in [-0.2, -0.15) is 0 Å². The van der Waals surface area contributed by atoms with Crippen molar-refractivity contribution in [3.8, 4) is 10.7 Å². The third-order valence-electron chi connectivity index (χ3n) is 1.56. The molecule has 0 bridgehead atoms. The van der Waals surface area contributed by atoms with E-state index in [2.05, 4.69) is 42.1 Å². The van der Waals surface area contributed by atoms with Crippen molar-refractivity contribution in [3.63, 3.8) is 0 Å². The normalized spacial score (nSPS) is 10.5. The van der Waals surface area contributed by atoms with Crippen molar-refractivity contribution in [1.82, 2.24) is 19.6 Å². The number of aromatic nitrogens is 4. The molecule has 0 saturated carbocycles. The Bertz CT molecular complexity index is 472. The summed E-state index contributed by atoms with van der Waals surface area (Å²) in [6, 6.07) is 0. The third-order valence-corrected chi connectivity index (χ3v) is 3.78. The molecule has 72 valence electrons. The van der Waals surface area contributed by atoms with E-state index in [-0.39, 0.29) is 0 Å². The first kappa shape index (κ1) is 10.2. The Hall–Kier alpha value is -0.340. The first-order chi connectivity index (χ1) is 6.68. The molecule has 0 aliphatic carbocycles. The Morgan fingerprint density at radius 1 is 1.50 bits per heavy atom. The zero-order chi connectivity index (χ0) is 10.1. The fourth-order valence-electron chi connectivity index (χ4n) is 0.892. The summed E-state index contributed by atoms with van der Waals surface area (Å²) in [4.78, 5) is 9.19. The number of rotatable bonds is 1. The van der Waals surface area contributed by atoms with E-state index in [1.807, 2.05) is 6.92 Å². The quantitative estimate of drug-likeness (QED) is 0.592. The molecule has 7 heteroatoms. The average Bonchev–Trinajstić information content (AvgIpc) is 2.57. The van der Waals surface area contributed by atoms with E-state index in [0.29, 0.717) is 11.0 Å². The van der Waals surface area contributed by atoms with Crippen LogP contribution in [0.4, 0.5) is 0 Å². The van der Waals surface area contributed by atoms with Crippen molar-refractivity contribution >= 4 is 45.7 Å². The SMILES string of the molecule is Cc1nnsc1-c1ncc(I)c(Cl)n1. The van der Waals surface area contributed by atoms with Crippen LogP contribution in [0, 0.1) is 10.5 Å². The van der Waals surface area contributed by atoms with E-state index < -0.39 is 0 Å². The van der Waals surface area contributed by atoms with E-state index in [0.717, 1.165) is 14.1 Å². The molecule has 0 aliphatic rings. The van der Waals surface area contributed by atoms with Crippen LogP contribution in [0.15, 0.2) is 6.20 Å². The molecule has 14 heavy (non-hydrogen) atoms. The molecule has 0 aliphatic heterocycles. The van der Waals surface area contributed by atoms with Gasteiger partial charge in [-0.1, -0.05) is 16.1 Å². The molecule has 2 rings (SSSR count). The van der Waals surface area contributed by atoms with E-state index in [9.17, 15) is 0 Å². The van der Waals surface area contributed by atoms with Crippen LogP contribution in [-0.4, -0.2) is 19.6 Å². The predicted molar refractivity (Wildman–Crippen MR) is 63.4 cm³/mol. The topological polar surface area (TPSA) is 51.6 Å². The molecule has 0 spiro atoms. The summed E-state index contributed by atoms with van der Waals surface area (Å²) < 4.78 is 4.65. The molecule has 0 atom stereocenters. The fraction of sp³-hybridized carbons (Fsp3) is 0.143. The molecule has 0 N–H and O–H groups in total. The van der Waals surface area contributed by atoms with Gasteiger partial charge in [-0.15, -0.1) is 5.10 Å². The van der Waals surface area contributed by atoms with Gasteiger partial charge in [0.1, 0.15) is 10.0 Å². The van der Waals surface area contributed by atoms with Crippen LogP contribution in [0.1, 0.15) is 5.69 Å². The standard InChI is InChI=1S/C7H4ClIN4S/c1-3-5(14-13-12-3)7-10-2-4(9)6(8)11-7/h2H,1H3. The van der Waals surface area contributed by atoms with Gasteiger partial charge in [-0.05, 0) is 41.0 Å². The van der Waals surface area contributed by atoms with Gasteiger partial charge in [-0.25, -0.2) is 9.97 Å². The molecule has 0 unspecified atom stereocenters. The monoisotopic (exact) mass is 338 g/mol. The van der Waals surface area contributed by atoms with Gasteiger partial charge in [-0.3, -0.25) is 0 Å². The van der Waals surface area contributed by atoms with E-state index in [4.69, 9.17) is 11.6 Å². The van der Waals surface area contributed by atoms with Crippen LogP contribution in [-0.2, 0) is 0 Å². The highest BCUT2D eigenvalue weighted by atomic mass is 127. The lowest BCUT2D eigenvalue weighted by atomic mass is 10.4. The first-order valence-corrected chi connectivity index (χ1v) is 5.89. The second-order valence-corrected chi connectivity index (χ2v) is 4.79. The minimum absolute atomic E-state index is 0.461. The van der Waals surface area contributed by atoms with Gasteiger partial charge in [0.05, 0.1) is 9.26 Å². The van der Waals surface area contributed by atoms with Crippen molar-refractivity contribution in [2.75, 3.05) is 0 Å². The van der Waals surface area contributed by atoms with Crippen LogP contribution in [0.2, 0.25) is 5.15 Å². The highest BCUT2D eigenvalue weighted by Gasteiger charge is 2.10. The van der Waals surface area contributed by atoms with E-state index >= 15 is 0 Å². The van der Waals surface area contributed by atoms with Gasteiger partial charge in [0.2, 0.25) is 0 Å². The van der Waals surface area contributed by atoms with Crippen molar-refractivity contribution in [1.29, 1.82) is 0 Å². The minimum Gasteiger partial charge on any atom is -0.235 e. The second-order valence-electron chi connectivity index (χ2n) is 2.52. The van der Waals surface area contributed by atoms with Gasteiger partial charge < -0.3 is 0 Å². The lowest BCUT2D eigenvalue weighted by Crippen LogP contribution is -1.90. The summed E-state index contributed by atoms with van der Waals surface area (Å²) >= 11 is 9.24. The van der Waals surface area contributed by atoms with Crippen molar-refractivity contribution < 1.29 is 0 Å². The fourth-order valence-corrected chi connectivity index (χ4v) is 1.88. The Labute approximate surface area is 103 Å². The Balaban J connectivity index is 2.53. The largest absolute Gasteiger partial charge is 0.235 e. The molecule has 2 heterocycles. The van der Waals surface area contributed by atoms with Gasteiger partial charge in [0, 0.05) is 6.20 Å². The summed E-state index contributed by atoms with van der Waals surface area (Å²) in [5.74, 6) is 0.586. The minimum atomic E-state index is 0.461. The molecule has 0 fully saturated rings. The highest BCUT2D eigenvalue weighted by Crippen LogP contribution is 2.24. The summed E-state index contributed by atoms with van der Waals surface area (Å²) in [5, 5.41) is 4.35. The zero-order valence-corrected chi connectivity index (χ0v) is 10.8. The van der Waals surface area contributed by atoms with Crippen LogP contribution < -0.4 is 0 Å². The molecule has 0 aromatic carbocycles. The molecule has 2 aromatic heterocycles. The second kappa shape index (κ2) is 4.03. The molecule has 4 nitrogen and oxygen atoms in total. The van der Waals surface area contributed by atoms with Crippen molar-refractivity contribution in [3.05, 3.63) is 20.6 Å². The van der Waals surface area contributed by atoms with Gasteiger partial charge in [0.15, 0.2) is 5.82 Å². The van der Waals surface area contributed by atoms with Crippen LogP contribution in [0.3, 0.4) is 0 Å². The van der Waals surface area contributed by atoms with Crippen LogP contribution in [0.5, 0.6) is 0 Å². The Morgan fingerprint density at radius 2 is 2.29 bits per heavy atom. The summed E-state index contributed by atoms with van der Waals surface area (Å²) in [6.07, 6.45) is 1.68. The van der Waals surface area contributed by atoms with Gasteiger partial charge >= 0.3 is 0 Å². The third kappa shape index (κ3) is 1.86. The Kier molecular flexibility index (Phi) is 2.93. The van der Waals surface area contributed by atoms with Gasteiger partial charge in [0.25, 0.3) is 0 Å². The zero-order valence-electron chi connectivity index (χ0n) is 7.03. The van der Waals surface area contributed by atoms with Crippen molar-refractivity contribution in [2.24, 2.45) is 0 Å². The van der Waals surface area contributed by atoms with Crippen LogP contribution in [0.25, 0.3) is 10.7 Å². The molecular formula is C7H4ClIN4S. The average molecular weight is 339 g/mol. The van der Waals surface area contributed by atoms with E-state index in [1.54, 1.807) is 6.20 Å². The highest BCUT2D eigenvalue weighted by molar-refractivity contribution is 14.1. The maximum atomic E-state index is 5.89. The molecule has 0 saturated heterocycles. The van der Waals surface area contributed by atoms with Crippen LogP contribution >= 0.6 is 45.7 Å². The van der Waals surface area contributed by atoms with E-state index in [1.165, 1.54) is 11.5 Å². The smallest absolute Gasteiger partial charge is 0.174 e. The predicted octanol–water partition coefficient (Wildman–Crippen LogP) is 2.56. The molecule has 0 radical (unpaired) electrons. The lowest BCUT2D eigenvalue weighted by Gasteiger charge is -1.98. The molecule has 0 amide bonds.